The topological polar surface area (TPSA) is 101 Å². The van der Waals surface area contributed by atoms with Crippen molar-refractivity contribution in [2.45, 2.75) is 25.7 Å². The van der Waals surface area contributed by atoms with Crippen molar-refractivity contribution in [2.24, 2.45) is 0 Å². The molecule has 1 amide bonds. The zero-order chi connectivity index (χ0) is 22.4. The highest BCUT2D eigenvalue weighted by Crippen LogP contribution is 2.33. The molecule has 0 spiro atoms. The minimum Gasteiger partial charge on any atom is -0.455 e. The monoisotopic (exact) mass is 440 g/mol. The lowest BCUT2D eigenvalue weighted by Gasteiger charge is -2.20. The Hall–Kier alpha value is -3.30. The first-order chi connectivity index (χ1) is 14.8. The number of para-hydroxylation sites is 1. The van der Waals surface area contributed by atoms with E-state index in [2.05, 4.69) is 15.3 Å². The number of aryl methyl sites for hydroxylation is 1. The molecule has 9 heteroatoms. The van der Waals surface area contributed by atoms with Crippen LogP contribution in [0, 0.1) is 6.92 Å². The first kappa shape index (κ1) is 22.4. The zero-order valence-corrected chi connectivity index (χ0v) is 18.4. The molecule has 3 rings (SSSR count). The van der Waals surface area contributed by atoms with Gasteiger partial charge in [-0.1, -0.05) is 32.0 Å². The number of anilines is 1. The predicted molar refractivity (Wildman–Crippen MR) is 118 cm³/mol. The highest BCUT2D eigenvalue weighted by atomic mass is 32.2. The van der Waals surface area contributed by atoms with Crippen LogP contribution in [0.3, 0.4) is 0 Å². The molecule has 0 aliphatic rings. The number of hydrogen-bond donors (Lipinski definition) is 1. The largest absolute Gasteiger partial charge is 0.455 e. The minimum absolute atomic E-state index is 0.0573. The third kappa shape index (κ3) is 5.25. The number of benzene rings is 2. The van der Waals surface area contributed by atoms with Gasteiger partial charge in [-0.15, -0.1) is 0 Å². The second-order valence-corrected chi connectivity index (χ2v) is 8.60. The van der Waals surface area contributed by atoms with Crippen molar-refractivity contribution in [1.29, 1.82) is 0 Å². The lowest BCUT2D eigenvalue weighted by atomic mass is 10.2. The number of rotatable bonds is 8. The summed E-state index contributed by atoms with van der Waals surface area (Å²) in [6.45, 7) is 5.98. The van der Waals surface area contributed by atoms with Crippen LogP contribution < -0.4 is 10.1 Å². The first-order valence-corrected chi connectivity index (χ1v) is 11.3. The summed E-state index contributed by atoms with van der Waals surface area (Å²) < 4.78 is 33.2. The smallest absolute Gasteiger partial charge is 0.275 e. The van der Waals surface area contributed by atoms with Crippen molar-refractivity contribution in [3.63, 3.8) is 0 Å². The highest BCUT2D eigenvalue weighted by molar-refractivity contribution is 7.89. The van der Waals surface area contributed by atoms with Crippen molar-refractivity contribution >= 4 is 21.6 Å². The molecule has 0 radical (unpaired) electrons. The van der Waals surface area contributed by atoms with Gasteiger partial charge in [0.05, 0.1) is 22.5 Å². The van der Waals surface area contributed by atoms with Crippen molar-refractivity contribution in [3.05, 3.63) is 72.3 Å². The molecular formula is C22H24N4O4S. The summed E-state index contributed by atoms with van der Waals surface area (Å²) in [5.74, 6) is 0.327. The van der Waals surface area contributed by atoms with Gasteiger partial charge in [0, 0.05) is 19.3 Å². The van der Waals surface area contributed by atoms with Crippen LogP contribution in [0.2, 0.25) is 0 Å². The van der Waals surface area contributed by atoms with Crippen molar-refractivity contribution in [3.8, 4) is 11.5 Å². The molecule has 162 valence electrons. The molecule has 0 aliphatic heterocycles. The Morgan fingerprint density at radius 2 is 1.74 bits per heavy atom. The molecule has 8 nitrogen and oxygen atoms in total. The van der Waals surface area contributed by atoms with Crippen LogP contribution in [0.15, 0.2) is 65.8 Å². The van der Waals surface area contributed by atoms with E-state index in [1.165, 1.54) is 34.9 Å². The maximum absolute atomic E-state index is 13.0. The number of nitrogens with zero attached hydrogens (tertiary/aromatic N) is 3. The zero-order valence-electron chi connectivity index (χ0n) is 17.6. The average molecular weight is 441 g/mol. The number of hydrogen-bond acceptors (Lipinski definition) is 6. The van der Waals surface area contributed by atoms with Crippen LogP contribution in [0.25, 0.3) is 0 Å². The van der Waals surface area contributed by atoms with E-state index < -0.39 is 15.9 Å². The third-order valence-electron chi connectivity index (χ3n) is 4.53. The van der Waals surface area contributed by atoms with Gasteiger partial charge in [0.15, 0.2) is 5.75 Å². The maximum atomic E-state index is 13.0. The molecule has 3 aromatic rings. The molecule has 0 unspecified atom stereocenters. The Kier molecular flexibility index (Phi) is 6.98. The number of carbonyl (C=O) groups is 1. The Morgan fingerprint density at radius 1 is 1.03 bits per heavy atom. The number of carbonyl (C=O) groups excluding carboxylic acids is 1. The summed E-state index contributed by atoms with van der Waals surface area (Å²) in [5.41, 5.74) is 0.995. The molecule has 2 aromatic carbocycles. The summed E-state index contributed by atoms with van der Waals surface area (Å²) in [5, 5.41) is 2.70. The number of aromatic nitrogens is 2. The summed E-state index contributed by atoms with van der Waals surface area (Å²) in [6.07, 6.45) is 2.84. The van der Waals surface area contributed by atoms with Crippen LogP contribution in [-0.2, 0) is 10.0 Å². The molecule has 0 atom stereocenters. The van der Waals surface area contributed by atoms with E-state index in [0.29, 0.717) is 30.3 Å². The summed E-state index contributed by atoms with van der Waals surface area (Å²) >= 11 is 0. The van der Waals surface area contributed by atoms with E-state index in [9.17, 15) is 13.2 Å². The van der Waals surface area contributed by atoms with Crippen molar-refractivity contribution in [2.75, 3.05) is 18.4 Å². The van der Waals surface area contributed by atoms with Crippen LogP contribution >= 0.6 is 0 Å². The van der Waals surface area contributed by atoms with Crippen LogP contribution in [0.5, 0.6) is 11.5 Å². The Morgan fingerprint density at radius 3 is 2.35 bits per heavy atom. The summed E-state index contributed by atoms with van der Waals surface area (Å²) in [4.78, 5) is 20.9. The average Bonchev–Trinajstić information content (AvgIpc) is 2.76. The molecule has 31 heavy (non-hydrogen) atoms. The number of ether oxygens (including phenoxy) is 1. The molecule has 1 N–H and O–H groups in total. The molecule has 0 saturated carbocycles. The first-order valence-electron chi connectivity index (χ1n) is 9.82. The van der Waals surface area contributed by atoms with Gasteiger partial charge in [-0.05, 0) is 37.3 Å². The van der Waals surface area contributed by atoms with E-state index in [4.69, 9.17) is 4.74 Å². The molecule has 0 saturated heterocycles. The van der Waals surface area contributed by atoms with Gasteiger partial charge in [0.1, 0.15) is 11.4 Å². The number of amides is 1. The van der Waals surface area contributed by atoms with E-state index in [-0.39, 0.29) is 16.3 Å². The van der Waals surface area contributed by atoms with Crippen LogP contribution in [-0.4, -0.2) is 41.7 Å². The van der Waals surface area contributed by atoms with Gasteiger partial charge in [0.2, 0.25) is 10.0 Å². The van der Waals surface area contributed by atoms with Gasteiger partial charge in [0.25, 0.3) is 5.91 Å². The molecule has 1 heterocycles. The second-order valence-electron chi connectivity index (χ2n) is 6.66. The van der Waals surface area contributed by atoms with Gasteiger partial charge in [-0.3, -0.25) is 9.78 Å². The van der Waals surface area contributed by atoms with Crippen LogP contribution in [0.1, 0.15) is 30.0 Å². The van der Waals surface area contributed by atoms with Crippen molar-refractivity contribution < 1.29 is 17.9 Å². The SMILES string of the molecule is CCN(CC)S(=O)(=O)c1ccc(Oc2ccccc2)c(NC(=O)c2cnc(C)cn2)c1. The molecular weight excluding hydrogens is 416 g/mol. The second kappa shape index (κ2) is 9.67. The third-order valence-corrected chi connectivity index (χ3v) is 6.57. The number of nitrogens with one attached hydrogen (secondary N) is 1. The fraction of sp³-hybridized carbons (Fsp3) is 0.227. The predicted octanol–water partition coefficient (Wildman–Crippen LogP) is 3.86. The van der Waals surface area contributed by atoms with Gasteiger partial charge in [-0.25, -0.2) is 13.4 Å². The standard InChI is InChI=1S/C22H24N4O4S/c1-4-26(5-2)31(28,29)18-11-12-21(30-17-9-7-6-8-10-17)19(13-18)25-22(27)20-15-23-16(3)14-24-20/h6-15H,4-5H2,1-3H3,(H,25,27). The lowest BCUT2D eigenvalue weighted by molar-refractivity contribution is 0.102. The normalized spacial score (nSPS) is 11.4. The fourth-order valence-corrected chi connectivity index (χ4v) is 4.37. The van der Waals surface area contributed by atoms with E-state index >= 15 is 0 Å². The Labute approximate surface area is 182 Å². The van der Waals surface area contributed by atoms with Gasteiger partial charge >= 0.3 is 0 Å². The molecule has 0 fully saturated rings. The van der Waals surface area contributed by atoms with Crippen molar-refractivity contribution in [1.82, 2.24) is 14.3 Å². The lowest BCUT2D eigenvalue weighted by Crippen LogP contribution is -2.30. The highest BCUT2D eigenvalue weighted by Gasteiger charge is 2.24. The summed E-state index contributed by atoms with van der Waals surface area (Å²) in [7, 11) is -3.72. The Balaban J connectivity index is 2.01. The number of sulfonamides is 1. The fourth-order valence-electron chi connectivity index (χ4n) is 2.88. The van der Waals surface area contributed by atoms with Gasteiger partial charge < -0.3 is 10.1 Å². The van der Waals surface area contributed by atoms with E-state index in [0.717, 1.165) is 0 Å². The minimum atomic E-state index is -3.72. The summed E-state index contributed by atoms with van der Waals surface area (Å²) in [6, 6.07) is 13.4. The van der Waals surface area contributed by atoms with Gasteiger partial charge in [-0.2, -0.15) is 4.31 Å². The van der Waals surface area contributed by atoms with E-state index in [1.807, 2.05) is 18.2 Å². The maximum Gasteiger partial charge on any atom is 0.275 e. The quantitative estimate of drug-likeness (QED) is 0.571. The Bertz CT molecular complexity index is 1150. The molecule has 1 aromatic heterocycles. The molecule has 0 aliphatic carbocycles. The van der Waals surface area contributed by atoms with Crippen LogP contribution in [0.4, 0.5) is 5.69 Å². The molecule has 0 bridgehead atoms. The van der Waals surface area contributed by atoms with E-state index in [1.54, 1.807) is 32.9 Å².